The van der Waals surface area contributed by atoms with Crippen LogP contribution in [0.4, 0.5) is 10.5 Å². The highest BCUT2D eigenvalue weighted by Crippen LogP contribution is 2.15. The van der Waals surface area contributed by atoms with E-state index in [1.807, 2.05) is 0 Å². The standard InChI is InChI=1S/C16H22N4O4/c1-5-23-14(21)13(18-15(22)24-16(2,3)4)10-11-6-8-12(9-7-11)19-20-17/h6-9,13H,5,10H2,1-4H3,(H,18,22). The third-order valence-corrected chi connectivity index (χ3v) is 2.80. The van der Waals surface area contributed by atoms with Gasteiger partial charge in [-0.3, -0.25) is 0 Å². The minimum absolute atomic E-state index is 0.209. The number of hydrogen-bond acceptors (Lipinski definition) is 5. The SMILES string of the molecule is CCOC(=O)C(Cc1ccc(N=[N+]=[N-])cc1)NC(=O)OC(C)(C)C. The first kappa shape index (κ1) is 19.3. The van der Waals surface area contributed by atoms with E-state index in [0.29, 0.717) is 5.69 Å². The molecule has 130 valence electrons. The number of alkyl carbamates (subject to hydrolysis) is 1. The lowest BCUT2D eigenvalue weighted by Gasteiger charge is -2.23. The van der Waals surface area contributed by atoms with Crippen LogP contribution in [0.15, 0.2) is 29.4 Å². The van der Waals surface area contributed by atoms with Crippen LogP contribution in [0.2, 0.25) is 0 Å². The van der Waals surface area contributed by atoms with Crippen molar-refractivity contribution in [3.8, 4) is 0 Å². The van der Waals surface area contributed by atoms with Gasteiger partial charge in [0.15, 0.2) is 0 Å². The van der Waals surface area contributed by atoms with E-state index in [4.69, 9.17) is 15.0 Å². The lowest BCUT2D eigenvalue weighted by atomic mass is 10.1. The van der Waals surface area contributed by atoms with Crippen LogP contribution in [-0.2, 0) is 20.7 Å². The van der Waals surface area contributed by atoms with Crippen molar-refractivity contribution in [3.63, 3.8) is 0 Å². The van der Waals surface area contributed by atoms with E-state index >= 15 is 0 Å². The summed E-state index contributed by atoms with van der Waals surface area (Å²) in [6.45, 7) is 7.11. The van der Waals surface area contributed by atoms with Crippen molar-refractivity contribution in [2.24, 2.45) is 5.11 Å². The molecule has 8 heteroatoms. The Morgan fingerprint density at radius 3 is 2.42 bits per heavy atom. The van der Waals surface area contributed by atoms with Gasteiger partial charge in [0.25, 0.3) is 0 Å². The molecule has 0 spiro atoms. The van der Waals surface area contributed by atoms with Crippen LogP contribution in [0.3, 0.4) is 0 Å². The summed E-state index contributed by atoms with van der Waals surface area (Å²) in [5, 5.41) is 6.01. The monoisotopic (exact) mass is 334 g/mol. The first-order valence-corrected chi connectivity index (χ1v) is 7.55. The normalized spacial score (nSPS) is 11.8. The zero-order valence-corrected chi connectivity index (χ0v) is 14.3. The number of esters is 1. The van der Waals surface area contributed by atoms with Crippen molar-refractivity contribution in [1.29, 1.82) is 0 Å². The molecule has 1 atom stereocenters. The fourth-order valence-corrected chi connectivity index (χ4v) is 1.87. The maximum absolute atomic E-state index is 12.1. The average Bonchev–Trinajstić information content (AvgIpc) is 2.47. The Kier molecular flexibility index (Phi) is 7.07. The molecule has 0 radical (unpaired) electrons. The van der Waals surface area contributed by atoms with E-state index < -0.39 is 23.7 Å². The first-order valence-electron chi connectivity index (χ1n) is 7.55. The highest BCUT2D eigenvalue weighted by molar-refractivity contribution is 5.81. The van der Waals surface area contributed by atoms with Gasteiger partial charge in [0.2, 0.25) is 0 Å². The van der Waals surface area contributed by atoms with Gasteiger partial charge in [-0.15, -0.1) is 0 Å². The average molecular weight is 334 g/mol. The van der Waals surface area contributed by atoms with E-state index in [1.54, 1.807) is 52.0 Å². The third kappa shape index (κ3) is 7.02. The van der Waals surface area contributed by atoms with Gasteiger partial charge in [-0.25, -0.2) is 9.59 Å². The fraction of sp³-hybridized carbons (Fsp3) is 0.500. The summed E-state index contributed by atoms with van der Waals surface area (Å²) in [6.07, 6.45) is -0.458. The zero-order chi connectivity index (χ0) is 18.2. The van der Waals surface area contributed by atoms with E-state index in [0.717, 1.165) is 5.56 Å². The number of ether oxygens (including phenoxy) is 2. The van der Waals surface area contributed by atoms with Gasteiger partial charge < -0.3 is 14.8 Å². The van der Waals surface area contributed by atoms with Gasteiger partial charge in [0.1, 0.15) is 11.6 Å². The molecule has 1 amide bonds. The Morgan fingerprint density at radius 2 is 1.92 bits per heavy atom. The summed E-state index contributed by atoms with van der Waals surface area (Å²) in [5.41, 5.74) is 8.97. The second-order valence-electron chi connectivity index (χ2n) is 6.01. The molecule has 8 nitrogen and oxygen atoms in total. The molecule has 0 saturated heterocycles. The molecule has 1 N–H and O–H groups in total. The van der Waals surface area contributed by atoms with Gasteiger partial charge >= 0.3 is 12.1 Å². The predicted octanol–water partition coefficient (Wildman–Crippen LogP) is 3.63. The summed E-state index contributed by atoms with van der Waals surface area (Å²) >= 11 is 0. The Labute approximate surface area is 140 Å². The maximum atomic E-state index is 12.1. The summed E-state index contributed by atoms with van der Waals surface area (Å²) < 4.78 is 10.2. The minimum atomic E-state index is -0.870. The van der Waals surface area contributed by atoms with Gasteiger partial charge in [-0.1, -0.05) is 29.4 Å². The molecule has 1 aromatic rings. The molecule has 1 rings (SSSR count). The number of rotatable bonds is 6. The lowest BCUT2D eigenvalue weighted by molar-refractivity contribution is -0.145. The molecular formula is C16H22N4O4. The molecule has 0 aromatic heterocycles. The van der Waals surface area contributed by atoms with Gasteiger partial charge in [0, 0.05) is 17.0 Å². The van der Waals surface area contributed by atoms with E-state index in [-0.39, 0.29) is 13.0 Å². The van der Waals surface area contributed by atoms with Crippen LogP contribution >= 0.6 is 0 Å². The van der Waals surface area contributed by atoms with Crippen molar-refractivity contribution in [2.45, 2.75) is 45.8 Å². The van der Waals surface area contributed by atoms with Crippen LogP contribution in [0.1, 0.15) is 33.3 Å². The summed E-state index contributed by atoms with van der Waals surface area (Å²) in [4.78, 5) is 26.7. The number of hydrogen-bond donors (Lipinski definition) is 1. The fourth-order valence-electron chi connectivity index (χ4n) is 1.87. The van der Waals surface area contributed by atoms with Crippen LogP contribution < -0.4 is 5.32 Å². The topological polar surface area (TPSA) is 113 Å². The number of azide groups is 1. The van der Waals surface area contributed by atoms with Gasteiger partial charge in [-0.2, -0.15) is 0 Å². The maximum Gasteiger partial charge on any atom is 0.408 e. The Bertz CT molecular complexity index is 616. The zero-order valence-electron chi connectivity index (χ0n) is 14.3. The number of nitrogens with one attached hydrogen (secondary N) is 1. The molecule has 0 aliphatic heterocycles. The molecule has 0 aliphatic rings. The molecule has 0 aliphatic carbocycles. The number of amides is 1. The molecule has 0 fully saturated rings. The lowest BCUT2D eigenvalue weighted by Crippen LogP contribution is -2.45. The summed E-state index contributed by atoms with van der Waals surface area (Å²) in [6, 6.07) is 5.82. The molecule has 1 aromatic carbocycles. The van der Waals surface area contributed by atoms with Gasteiger partial charge in [-0.05, 0) is 38.8 Å². The van der Waals surface area contributed by atoms with Gasteiger partial charge in [0.05, 0.1) is 6.61 Å². The summed E-state index contributed by atoms with van der Waals surface area (Å²) in [5.74, 6) is -0.539. The first-order chi connectivity index (χ1) is 11.2. The molecule has 0 bridgehead atoms. The molecule has 24 heavy (non-hydrogen) atoms. The van der Waals surface area contributed by atoms with Crippen molar-refractivity contribution >= 4 is 17.7 Å². The van der Waals surface area contributed by atoms with Crippen molar-refractivity contribution in [3.05, 3.63) is 40.3 Å². The van der Waals surface area contributed by atoms with Crippen LogP contribution in [-0.4, -0.2) is 30.3 Å². The van der Waals surface area contributed by atoms with E-state index in [9.17, 15) is 9.59 Å². The Morgan fingerprint density at radius 1 is 1.29 bits per heavy atom. The number of benzene rings is 1. The van der Waals surface area contributed by atoms with Crippen LogP contribution in [0, 0.1) is 0 Å². The number of carbonyl (C=O) groups is 2. The highest BCUT2D eigenvalue weighted by Gasteiger charge is 2.25. The molecule has 1 unspecified atom stereocenters. The number of carbonyl (C=O) groups excluding carboxylic acids is 2. The molecular weight excluding hydrogens is 312 g/mol. The summed E-state index contributed by atoms with van der Waals surface area (Å²) in [7, 11) is 0. The number of nitrogens with zero attached hydrogens (tertiary/aromatic N) is 3. The minimum Gasteiger partial charge on any atom is -0.464 e. The molecule has 0 heterocycles. The van der Waals surface area contributed by atoms with Crippen LogP contribution in [0.5, 0.6) is 0 Å². The third-order valence-electron chi connectivity index (χ3n) is 2.80. The smallest absolute Gasteiger partial charge is 0.408 e. The molecule has 0 saturated carbocycles. The van der Waals surface area contributed by atoms with Crippen molar-refractivity contribution < 1.29 is 19.1 Å². The Hall–Kier alpha value is -2.73. The van der Waals surface area contributed by atoms with Crippen molar-refractivity contribution in [1.82, 2.24) is 5.32 Å². The second-order valence-corrected chi connectivity index (χ2v) is 6.01. The van der Waals surface area contributed by atoms with Crippen molar-refractivity contribution in [2.75, 3.05) is 6.61 Å². The largest absolute Gasteiger partial charge is 0.464 e. The predicted molar refractivity (Wildman–Crippen MR) is 88.7 cm³/mol. The van der Waals surface area contributed by atoms with E-state index in [2.05, 4.69) is 15.3 Å². The van der Waals surface area contributed by atoms with Crippen LogP contribution in [0.25, 0.3) is 10.4 Å². The second kappa shape index (κ2) is 8.79. The van der Waals surface area contributed by atoms with E-state index in [1.165, 1.54) is 0 Å². The Balaban J connectivity index is 2.83. The quantitative estimate of drug-likeness (QED) is 0.370. The highest BCUT2D eigenvalue weighted by atomic mass is 16.6.